The second-order valence-corrected chi connectivity index (χ2v) is 10.9. The molecule has 2 fully saturated rings. The Kier molecular flexibility index (Phi) is 9.66. The monoisotopic (exact) mass is 635 g/mol. The lowest BCUT2D eigenvalue weighted by Crippen LogP contribution is -2.61. The molecule has 2 aliphatic rings. The number of carboxylic acid groups (broad SMARTS) is 2. The van der Waals surface area contributed by atoms with Crippen LogP contribution >= 0.6 is 0 Å². The number of aliphatic carboxylic acids is 2. The van der Waals surface area contributed by atoms with Crippen LogP contribution in [-0.4, -0.2) is 79.2 Å². The SMILES string of the molecule is O=C(O)C#Cc1ccc(N2C(=O)C(CC[C@H](O)c3ccc(F)cc3)[C@H]2c2ccc(O[C@@H]3O[C@H](C(=O)O)[C@@H](O)C(O)[C@H]3O)cc2)cc1. The Morgan fingerprint density at radius 2 is 1.57 bits per heavy atom. The summed E-state index contributed by atoms with van der Waals surface area (Å²) in [5, 5.41) is 59.1. The molecule has 0 bridgehead atoms. The number of hydrogen-bond acceptors (Lipinski definition) is 9. The molecule has 0 saturated carbocycles. The molecule has 5 rings (SSSR count). The van der Waals surface area contributed by atoms with E-state index >= 15 is 0 Å². The number of β-lactam (4-membered cyclic amide) rings is 1. The quantitative estimate of drug-likeness (QED) is 0.148. The summed E-state index contributed by atoms with van der Waals surface area (Å²) in [5.41, 5.74) is 2.14. The fourth-order valence-corrected chi connectivity index (χ4v) is 5.55. The van der Waals surface area contributed by atoms with Crippen molar-refractivity contribution in [2.45, 2.75) is 55.7 Å². The number of carbonyl (C=O) groups is 3. The smallest absolute Gasteiger partial charge is 0.382 e. The number of hydrogen-bond donors (Lipinski definition) is 6. The predicted molar refractivity (Wildman–Crippen MR) is 157 cm³/mol. The highest BCUT2D eigenvalue weighted by atomic mass is 19.1. The highest BCUT2D eigenvalue weighted by Gasteiger charge is 2.49. The molecule has 0 aliphatic carbocycles. The summed E-state index contributed by atoms with van der Waals surface area (Å²) in [6, 6.07) is 17.7. The fraction of sp³-hybridized carbons (Fsp3) is 0.303. The van der Waals surface area contributed by atoms with Gasteiger partial charge in [0.25, 0.3) is 0 Å². The topological polar surface area (TPSA) is 194 Å². The van der Waals surface area contributed by atoms with Crippen LogP contribution in [-0.2, 0) is 19.1 Å². The second-order valence-electron chi connectivity index (χ2n) is 10.9. The molecule has 13 heteroatoms. The highest BCUT2D eigenvalue weighted by Crippen LogP contribution is 2.46. The standard InChI is InChI=1S/C33H30FNO11/c34-20-8-4-18(5-9-20)24(36)15-14-23-26(35(31(23)42)21-10-1-17(2-11-21)3-16-25(37)38)19-6-12-22(13-7-19)45-33-29(41)27(39)28(40)30(46-33)32(43)44/h1-2,4-13,23-24,26-30,33,36,39-41H,14-15H2,(H,37,38)(H,43,44)/t23?,24-,26+,27?,28-,29+,30-,33+/m0/s1. The van der Waals surface area contributed by atoms with Gasteiger partial charge in [0.2, 0.25) is 12.2 Å². The summed E-state index contributed by atoms with van der Waals surface area (Å²) < 4.78 is 24.1. The lowest BCUT2D eigenvalue weighted by Gasteiger charge is -2.48. The number of nitrogens with zero attached hydrogens (tertiary/aromatic N) is 1. The molecule has 6 N–H and O–H groups in total. The Labute approximate surface area is 261 Å². The first kappa shape index (κ1) is 32.6. The Balaban J connectivity index is 1.36. The molecular weight excluding hydrogens is 605 g/mol. The third-order valence-corrected chi connectivity index (χ3v) is 7.97. The van der Waals surface area contributed by atoms with Gasteiger partial charge in [0.1, 0.15) is 29.9 Å². The van der Waals surface area contributed by atoms with Gasteiger partial charge in [-0.15, -0.1) is 0 Å². The summed E-state index contributed by atoms with van der Waals surface area (Å²) in [5.74, 6) is 0.655. The van der Waals surface area contributed by atoms with Gasteiger partial charge in [-0.05, 0) is 72.5 Å². The largest absolute Gasteiger partial charge is 0.479 e. The van der Waals surface area contributed by atoms with Crippen LogP contribution in [0.15, 0.2) is 72.8 Å². The number of carbonyl (C=O) groups excluding carboxylic acids is 1. The first-order valence-electron chi connectivity index (χ1n) is 14.2. The molecule has 0 spiro atoms. The number of aliphatic hydroxyl groups is 4. The van der Waals surface area contributed by atoms with Crippen LogP contribution in [0.1, 0.15) is 41.7 Å². The van der Waals surface area contributed by atoms with Gasteiger partial charge in [-0.25, -0.2) is 14.0 Å². The van der Waals surface area contributed by atoms with Crippen molar-refractivity contribution in [2.24, 2.45) is 5.92 Å². The molecule has 0 aromatic heterocycles. The maximum atomic E-state index is 13.5. The zero-order valence-corrected chi connectivity index (χ0v) is 24.0. The number of ether oxygens (including phenoxy) is 2. The Hall–Kier alpha value is -4.84. The third kappa shape index (κ3) is 6.86. The lowest BCUT2D eigenvalue weighted by molar-refractivity contribution is -0.271. The third-order valence-electron chi connectivity index (χ3n) is 7.97. The van der Waals surface area contributed by atoms with Gasteiger partial charge in [-0.1, -0.05) is 30.2 Å². The molecule has 3 aromatic rings. The van der Waals surface area contributed by atoms with E-state index in [1.807, 2.05) is 5.92 Å². The number of carboxylic acids is 2. The number of benzene rings is 3. The summed E-state index contributed by atoms with van der Waals surface area (Å²) in [4.78, 5) is 37.2. The Bertz CT molecular complexity index is 1640. The zero-order valence-electron chi connectivity index (χ0n) is 24.0. The summed E-state index contributed by atoms with van der Waals surface area (Å²) in [6.07, 6.45) is -9.30. The second kappa shape index (κ2) is 13.7. The molecule has 2 saturated heterocycles. The molecule has 46 heavy (non-hydrogen) atoms. The van der Waals surface area contributed by atoms with Crippen molar-refractivity contribution in [3.05, 3.63) is 95.3 Å². The van der Waals surface area contributed by atoms with E-state index in [2.05, 4.69) is 5.92 Å². The molecule has 8 atom stereocenters. The number of amides is 1. The van der Waals surface area contributed by atoms with Gasteiger partial charge in [0, 0.05) is 17.2 Å². The minimum atomic E-state index is -1.87. The van der Waals surface area contributed by atoms with E-state index < -0.39 is 66.5 Å². The minimum absolute atomic E-state index is 0.141. The van der Waals surface area contributed by atoms with Crippen molar-refractivity contribution in [2.75, 3.05) is 4.90 Å². The molecule has 1 amide bonds. The van der Waals surface area contributed by atoms with E-state index in [4.69, 9.17) is 14.6 Å². The zero-order chi connectivity index (χ0) is 33.1. The number of halogens is 1. The molecule has 12 nitrogen and oxygen atoms in total. The van der Waals surface area contributed by atoms with Crippen molar-refractivity contribution in [1.82, 2.24) is 0 Å². The summed E-state index contributed by atoms with van der Waals surface area (Å²) in [7, 11) is 0. The summed E-state index contributed by atoms with van der Waals surface area (Å²) >= 11 is 0. The van der Waals surface area contributed by atoms with Crippen LogP contribution < -0.4 is 9.64 Å². The van der Waals surface area contributed by atoms with Crippen molar-refractivity contribution in [3.63, 3.8) is 0 Å². The Morgan fingerprint density at radius 1 is 0.913 bits per heavy atom. The van der Waals surface area contributed by atoms with Crippen molar-refractivity contribution in [3.8, 4) is 17.6 Å². The molecule has 3 aromatic carbocycles. The number of rotatable bonds is 9. The average molecular weight is 636 g/mol. The van der Waals surface area contributed by atoms with Gasteiger partial charge in [0.05, 0.1) is 18.1 Å². The molecule has 2 heterocycles. The number of anilines is 1. The van der Waals surface area contributed by atoms with Crippen LogP contribution in [0.5, 0.6) is 5.75 Å². The van der Waals surface area contributed by atoms with Crippen molar-refractivity contribution >= 4 is 23.5 Å². The van der Waals surface area contributed by atoms with Crippen LogP contribution in [0.4, 0.5) is 10.1 Å². The molecule has 2 unspecified atom stereocenters. The highest BCUT2D eigenvalue weighted by molar-refractivity contribution is 6.03. The van der Waals surface area contributed by atoms with E-state index in [0.717, 1.165) is 0 Å². The van der Waals surface area contributed by atoms with Crippen molar-refractivity contribution < 1.29 is 58.9 Å². The molecule has 2 aliphatic heterocycles. The summed E-state index contributed by atoms with van der Waals surface area (Å²) in [6.45, 7) is 0. The molecular formula is C33H30FNO11. The lowest BCUT2D eigenvalue weighted by atomic mass is 9.78. The van der Waals surface area contributed by atoms with Crippen LogP contribution in [0, 0.1) is 23.6 Å². The van der Waals surface area contributed by atoms with Crippen molar-refractivity contribution in [1.29, 1.82) is 0 Å². The minimum Gasteiger partial charge on any atom is -0.479 e. The molecule has 0 radical (unpaired) electrons. The van der Waals surface area contributed by atoms with Crippen LogP contribution in [0.3, 0.4) is 0 Å². The van der Waals surface area contributed by atoms with Gasteiger partial charge < -0.3 is 45.0 Å². The van der Waals surface area contributed by atoms with E-state index in [-0.39, 0.29) is 24.5 Å². The Morgan fingerprint density at radius 3 is 2.17 bits per heavy atom. The molecule has 240 valence electrons. The average Bonchev–Trinajstić information content (AvgIpc) is 3.04. The van der Waals surface area contributed by atoms with E-state index in [1.165, 1.54) is 36.4 Å². The van der Waals surface area contributed by atoms with E-state index in [1.54, 1.807) is 41.3 Å². The van der Waals surface area contributed by atoms with Crippen LogP contribution in [0.2, 0.25) is 0 Å². The number of aliphatic hydroxyl groups excluding tert-OH is 4. The van der Waals surface area contributed by atoms with E-state index in [0.29, 0.717) is 22.4 Å². The predicted octanol–water partition coefficient (Wildman–Crippen LogP) is 1.75. The fourth-order valence-electron chi connectivity index (χ4n) is 5.55. The first-order valence-corrected chi connectivity index (χ1v) is 14.2. The van der Waals surface area contributed by atoms with Gasteiger partial charge >= 0.3 is 11.9 Å². The van der Waals surface area contributed by atoms with Crippen LogP contribution in [0.25, 0.3) is 0 Å². The normalized spacial score (nSPS) is 26.3. The van der Waals surface area contributed by atoms with E-state index in [9.17, 15) is 44.3 Å². The maximum absolute atomic E-state index is 13.5. The first-order chi connectivity index (χ1) is 21.9. The van der Waals surface area contributed by atoms with Gasteiger partial charge in [-0.2, -0.15) is 0 Å². The maximum Gasteiger partial charge on any atom is 0.382 e. The van der Waals surface area contributed by atoms with Gasteiger partial charge in [0.15, 0.2) is 6.10 Å². The van der Waals surface area contributed by atoms with Gasteiger partial charge in [-0.3, -0.25) is 4.79 Å².